The molecule has 2 heterocycles. The van der Waals surface area contributed by atoms with E-state index in [1.54, 1.807) is 0 Å². The van der Waals surface area contributed by atoms with Crippen LogP contribution in [0.2, 0.25) is 0 Å². The number of primary amides is 1. The minimum atomic E-state index is -0.250. The predicted molar refractivity (Wildman–Crippen MR) is 65.6 cm³/mol. The molecule has 5 nitrogen and oxygen atoms in total. The highest BCUT2D eigenvalue weighted by Crippen LogP contribution is 2.24. The molecule has 0 bridgehead atoms. The Bertz CT molecular complexity index is 264. The number of rotatable bonds is 3. The van der Waals surface area contributed by atoms with Crippen LogP contribution >= 0.6 is 0 Å². The summed E-state index contributed by atoms with van der Waals surface area (Å²) in [6.07, 6.45) is 3.28. The molecule has 0 aromatic rings. The summed E-state index contributed by atoms with van der Waals surface area (Å²) in [6, 6.07) is -0.250. The van der Waals surface area contributed by atoms with Crippen molar-refractivity contribution in [3.05, 3.63) is 0 Å². The van der Waals surface area contributed by atoms with Gasteiger partial charge in [-0.15, -0.1) is 0 Å². The zero-order chi connectivity index (χ0) is 12.3. The largest absolute Gasteiger partial charge is 0.373 e. The van der Waals surface area contributed by atoms with E-state index in [4.69, 9.17) is 10.5 Å². The molecule has 98 valence electrons. The minimum absolute atomic E-state index is 0.0133. The summed E-state index contributed by atoms with van der Waals surface area (Å²) >= 11 is 0. The molecule has 2 aliphatic heterocycles. The second-order valence-electron chi connectivity index (χ2n) is 5.05. The fourth-order valence-electron chi connectivity index (χ4n) is 2.81. The standard InChI is InChI=1S/C12H23N3O2/c1-9-3-4-10(17-9)11(12(13)16)15-7-2-5-14-6-8-15/h9-11,14H,2-8H2,1H3,(H2,13,16). The molecule has 0 spiro atoms. The summed E-state index contributed by atoms with van der Waals surface area (Å²) in [7, 11) is 0. The topological polar surface area (TPSA) is 67.6 Å². The van der Waals surface area contributed by atoms with Crippen LogP contribution in [0.15, 0.2) is 0 Å². The van der Waals surface area contributed by atoms with Crippen molar-refractivity contribution in [2.75, 3.05) is 26.2 Å². The van der Waals surface area contributed by atoms with Gasteiger partial charge in [-0.3, -0.25) is 9.69 Å². The van der Waals surface area contributed by atoms with Gasteiger partial charge < -0.3 is 15.8 Å². The fourth-order valence-corrected chi connectivity index (χ4v) is 2.81. The Hall–Kier alpha value is -0.650. The van der Waals surface area contributed by atoms with Crippen molar-refractivity contribution in [3.8, 4) is 0 Å². The highest BCUT2D eigenvalue weighted by atomic mass is 16.5. The first kappa shape index (κ1) is 12.8. The molecule has 3 unspecified atom stereocenters. The average molecular weight is 241 g/mol. The second kappa shape index (κ2) is 5.80. The third-order valence-corrected chi connectivity index (χ3v) is 3.68. The maximum absolute atomic E-state index is 11.7. The number of carbonyl (C=O) groups is 1. The number of ether oxygens (including phenoxy) is 1. The summed E-state index contributed by atoms with van der Waals surface area (Å²) in [4.78, 5) is 13.9. The third-order valence-electron chi connectivity index (χ3n) is 3.68. The lowest BCUT2D eigenvalue weighted by Crippen LogP contribution is -2.52. The predicted octanol–water partition coefficient (Wildman–Crippen LogP) is -0.297. The van der Waals surface area contributed by atoms with Gasteiger partial charge in [0, 0.05) is 19.6 Å². The molecule has 17 heavy (non-hydrogen) atoms. The SMILES string of the molecule is CC1CCC(C(C(N)=O)N2CCCNCC2)O1. The molecular formula is C12H23N3O2. The molecule has 3 atom stereocenters. The first-order valence-corrected chi connectivity index (χ1v) is 6.58. The zero-order valence-electron chi connectivity index (χ0n) is 10.5. The van der Waals surface area contributed by atoms with Gasteiger partial charge in [-0.25, -0.2) is 0 Å². The number of nitrogens with zero attached hydrogens (tertiary/aromatic N) is 1. The smallest absolute Gasteiger partial charge is 0.237 e. The molecule has 2 fully saturated rings. The first-order valence-electron chi connectivity index (χ1n) is 6.58. The van der Waals surface area contributed by atoms with Crippen molar-refractivity contribution in [2.24, 2.45) is 5.73 Å². The number of nitrogens with two attached hydrogens (primary N) is 1. The molecule has 5 heteroatoms. The van der Waals surface area contributed by atoms with Crippen LogP contribution in [0.3, 0.4) is 0 Å². The van der Waals surface area contributed by atoms with Crippen LogP contribution in [0.1, 0.15) is 26.2 Å². The number of nitrogens with one attached hydrogen (secondary N) is 1. The third kappa shape index (κ3) is 3.18. The molecule has 0 aromatic carbocycles. The summed E-state index contributed by atoms with van der Waals surface area (Å²) in [5.41, 5.74) is 5.56. The maximum Gasteiger partial charge on any atom is 0.237 e. The number of hydrogen-bond donors (Lipinski definition) is 2. The zero-order valence-corrected chi connectivity index (χ0v) is 10.5. The molecule has 2 rings (SSSR count). The minimum Gasteiger partial charge on any atom is -0.373 e. The van der Waals surface area contributed by atoms with Crippen LogP contribution in [-0.4, -0.2) is 55.2 Å². The van der Waals surface area contributed by atoms with Gasteiger partial charge in [-0.2, -0.15) is 0 Å². The van der Waals surface area contributed by atoms with Crippen LogP contribution in [0.4, 0.5) is 0 Å². The van der Waals surface area contributed by atoms with Crippen LogP contribution in [0, 0.1) is 0 Å². The Morgan fingerprint density at radius 1 is 1.41 bits per heavy atom. The fraction of sp³-hybridized carbons (Fsp3) is 0.917. The van der Waals surface area contributed by atoms with Crippen LogP contribution < -0.4 is 11.1 Å². The average Bonchev–Trinajstić information content (AvgIpc) is 2.53. The molecule has 0 aliphatic carbocycles. The lowest BCUT2D eigenvalue weighted by molar-refractivity contribution is -0.128. The summed E-state index contributed by atoms with van der Waals surface area (Å²) in [6.45, 7) is 5.80. The Labute approximate surface area is 103 Å². The normalized spacial score (nSPS) is 33.2. The van der Waals surface area contributed by atoms with Gasteiger partial charge in [0.2, 0.25) is 5.91 Å². The lowest BCUT2D eigenvalue weighted by atomic mass is 10.0. The number of carbonyl (C=O) groups excluding carboxylic acids is 1. The van der Waals surface area contributed by atoms with Crippen molar-refractivity contribution in [2.45, 2.75) is 44.4 Å². The van der Waals surface area contributed by atoms with E-state index in [2.05, 4.69) is 17.1 Å². The van der Waals surface area contributed by atoms with E-state index in [-0.39, 0.29) is 24.2 Å². The Balaban J connectivity index is 2.02. The van der Waals surface area contributed by atoms with Gasteiger partial charge in [0.15, 0.2) is 0 Å². The van der Waals surface area contributed by atoms with E-state index in [0.29, 0.717) is 0 Å². The van der Waals surface area contributed by atoms with E-state index in [9.17, 15) is 4.79 Å². The van der Waals surface area contributed by atoms with E-state index in [1.807, 2.05) is 0 Å². The molecule has 0 radical (unpaired) electrons. The van der Waals surface area contributed by atoms with Crippen molar-refractivity contribution < 1.29 is 9.53 Å². The Kier molecular flexibility index (Phi) is 4.36. The quantitative estimate of drug-likeness (QED) is 0.712. The van der Waals surface area contributed by atoms with E-state index in [1.165, 1.54) is 0 Å². The van der Waals surface area contributed by atoms with Crippen molar-refractivity contribution in [1.29, 1.82) is 0 Å². The molecule has 2 saturated heterocycles. The van der Waals surface area contributed by atoms with Gasteiger partial charge in [0.05, 0.1) is 12.2 Å². The number of amides is 1. The van der Waals surface area contributed by atoms with Crippen molar-refractivity contribution in [3.63, 3.8) is 0 Å². The van der Waals surface area contributed by atoms with Gasteiger partial charge in [-0.05, 0) is 32.7 Å². The summed E-state index contributed by atoms with van der Waals surface area (Å²) in [5, 5.41) is 3.34. The lowest BCUT2D eigenvalue weighted by Gasteiger charge is -2.31. The summed E-state index contributed by atoms with van der Waals surface area (Å²) < 4.78 is 5.82. The molecule has 3 N–H and O–H groups in total. The van der Waals surface area contributed by atoms with Gasteiger partial charge in [0.25, 0.3) is 0 Å². The van der Waals surface area contributed by atoms with Crippen molar-refractivity contribution in [1.82, 2.24) is 10.2 Å². The van der Waals surface area contributed by atoms with E-state index in [0.717, 1.165) is 45.4 Å². The van der Waals surface area contributed by atoms with Gasteiger partial charge >= 0.3 is 0 Å². The summed E-state index contributed by atoms with van der Waals surface area (Å²) in [5.74, 6) is -0.244. The van der Waals surface area contributed by atoms with Gasteiger partial charge in [0.1, 0.15) is 6.04 Å². The molecular weight excluding hydrogens is 218 g/mol. The monoisotopic (exact) mass is 241 g/mol. The second-order valence-corrected chi connectivity index (χ2v) is 5.05. The maximum atomic E-state index is 11.7. The van der Waals surface area contributed by atoms with Crippen LogP contribution in [0.25, 0.3) is 0 Å². The Morgan fingerprint density at radius 3 is 2.88 bits per heavy atom. The Morgan fingerprint density at radius 2 is 2.24 bits per heavy atom. The molecule has 0 aromatic heterocycles. The first-order chi connectivity index (χ1) is 8.18. The molecule has 2 aliphatic rings. The van der Waals surface area contributed by atoms with E-state index < -0.39 is 0 Å². The van der Waals surface area contributed by atoms with Crippen LogP contribution in [0.5, 0.6) is 0 Å². The van der Waals surface area contributed by atoms with Gasteiger partial charge in [-0.1, -0.05) is 0 Å². The van der Waals surface area contributed by atoms with E-state index >= 15 is 0 Å². The number of hydrogen-bond acceptors (Lipinski definition) is 4. The molecule has 1 amide bonds. The highest BCUT2D eigenvalue weighted by molar-refractivity contribution is 5.80. The van der Waals surface area contributed by atoms with Crippen LogP contribution in [-0.2, 0) is 9.53 Å². The van der Waals surface area contributed by atoms with Crippen molar-refractivity contribution >= 4 is 5.91 Å². The molecule has 0 saturated carbocycles. The highest BCUT2D eigenvalue weighted by Gasteiger charge is 2.37.